The molecule has 0 bridgehead atoms. The van der Waals surface area contributed by atoms with Crippen molar-refractivity contribution in [3.05, 3.63) is 46.4 Å². The molecule has 0 fully saturated rings. The Hall–Kier alpha value is -1.97. The van der Waals surface area contributed by atoms with E-state index in [-0.39, 0.29) is 5.56 Å². The summed E-state index contributed by atoms with van der Waals surface area (Å²) < 4.78 is 3.42. The molecule has 2 aromatic rings. The number of anilines is 1. The average molecular weight is 203 g/mol. The Morgan fingerprint density at radius 2 is 1.80 bits per heavy atom. The Morgan fingerprint density at radius 1 is 1.20 bits per heavy atom. The van der Waals surface area contributed by atoms with Crippen LogP contribution in [-0.2, 0) is 7.05 Å². The van der Waals surface area contributed by atoms with Crippen molar-refractivity contribution >= 4 is 5.69 Å². The van der Waals surface area contributed by atoms with Gasteiger partial charge in [-0.05, 0) is 31.2 Å². The summed E-state index contributed by atoms with van der Waals surface area (Å²) in [6.07, 6.45) is 0. The molecule has 4 heteroatoms. The Kier molecular flexibility index (Phi) is 2.11. The highest BCUT2D eigenvalue weighted by molar-refractivity contribution is 5.44. The molecule has 0 amide bonds. The van der Waals surface area contributed by atoms with Crippen molar-refractivity contribution < 1.29 is 0 Å². The molecule has 1 heterocycles. The summed E-state index contributed by atoms with van der Waals surface area (Å²) in [4.78, 5) is 11.7. The van der Waals surface area contributed by atoms with Gasteiger partial charge in [0.1, 0.15) is 0 Å². The largest absolute Gasteiger partial charge is 0.399 e. The van der Waals surface area contributed by atoms with Gasteiger partial charge in [-0.3, -0.25) is 9.48 Å². The second-order valence-corrected chi connectivity index (χ2v) is 3.55. The summed E-state index contributed by atoms with van der Waals surface area (Å²) in [5.74, 6) is 0. The first kappa shape index (κ1) is 9.58. The van der Waals surface area contributed by atoms with E-state index in [4.69, 9.17) is 5.73 Å². The van der Waals surface area contributed by atoms with Crippen molar-refractivity contribution in [2.24, 2.45) is 7.05 Å². The van der Waals surface area contributed by atoms with Crippen LogP contribution in [0.2, 0.25) is 0 Å². The predicted molar refractivity (Wildman–Crippen MR) is 60.2 cm³/mol. The van der Waals surface area contributed by atoms with Crippen LogP contribution < -0.4 is 11.3 Å². The molecule has 0 aliphatic carbocycles. The van der Waals surface area contributed by atoms with E-state index >= 15 is 0 Å². The minimum absolute atomic E-state index is 0.0280. The molecular formula is C11H13N3O. The Bertz CT molecular complexity index is 534. The third-order valence-electron chi connectivity index (χ3n) is 2.49. The van der Waals surface area contributed by atoms with Gasteiger partial charge in [-0.25, -0.2) is 4.68 Å². The number of rotatable bonds is 1. The second kappa shape index (κ2) is 3.31. The monoisotopic (exact) mass is 203 g/mol. The summed E-state index contributed by atoms with van der Waals surface area (Å²) in [7, 11) is 1.85. The Balaban J connectivity index is 2.64. The normalized spacial score (nSPS) is 10.5. The van der Waals surface area contributed by atoms with E-state index in [1.54, 1.807) is 22.9 Å². The van der Waals surface area contributed by atoms with E-state index in [0.29, 0.717) is 5.69 Å². The standard InChI is InChI=1S/C11H13N3O/c1-8-7-11(15)14(13(8)2)10-5-3-9(12)4-6-10/h3-7H,12H2,1-2H3. The minimum Gasteiger partial charge on any atom is -0.399 e. The fourth-order valence-corrected chi connectivity index (χ4v) is 1.55. The number of nitrogen functional groups attached to an aromatic ring is 1. The second-order valence-electron chi connectivity index (χ2n) is 3.55. The van der Waals surface area contributed by atoms with Gasteiger partial charge >= 0.3 is 0 Å². The van der Waals surface area contributed by atoms with Crippen molar-refractivity contribution in [3.63, 3.8) is 0 Å². The summed E-state index contributed by atoms with van der Waals surface area (Å²) in [6.45, 7) is 1.90. The van der Waals surface area contributed by atoms with E-state index in [9.17, 15) is 4.79 Å². The number of aryl methyl sites for hydroxylation is 1. The van der Waals surface area contributed by atoms with Crippen LogP contribution in [-0.4, -0.2) is 9.36 Å². The fraction of sp³-hybridized carbons (Fsp3) is 0.182. The molecule has 0 aliphatic rings. The molecule has 2 rings (SSSR count). The summed E-state index contributed by atoms with van der Waals surface area (Å²) >= 11 is 0. The zero-order chi connectivity index (χ0) is 11.0. The van der Waals surface area contributed by atoms with Gasteiger partial charge in [0.05, 0.1) is 5.69 Å². The van der Waals surface area contributed by atoms with Gasteiger partial charge in [-0.1, -0.05) is 0 Å². The molecule has 0 saturated heterocycles. The smallest absolute Gasteiger partial charge is 0.271 e. The van der Waals surface area contributed by atoms with Crippen LogP contribution in [0.25, 0.3) is 5.69 Å². The lowest BCUT2D eigenvalue weighted by Crippen LogP contribution is -2.19. The molecule has 0 radical (unpaired) electrons. The molecular weight excluding hydrogens is 190 g/mol. The van der Waals surface area contributed by atoms with E-state index < -0.39 is 0 Å². The van der Waals surface area contributed by atoms with Gasteiger partial charge in [-0.15, -0.1) is 0 Å². The number of hydrogen-bond donors (Lipinski definition) is 1. The van der Waals surface area contributed by atoms with Crippen molar-refractivity contribution in [2.45, 2.75) is 6.92 Å². The lowest BCUT2D eigenvalue weighted by molar-refractivity contribution is 0.630. The number of nitrogens with zero attached hydrogens (tertiary/aromatic N) is 2. The third-order valence-corrected chi connectivity index (χ3v) is 2.49. The average Bonchev–Trinajstić information content (AvgIpc) is 2.44. The zero-order valence-electron chi connectivity index (χ0n) is 8.77. The maximum Gasteiger partial charge on any atom is 0.271 e. The van der Waals surface area contributed by atoms with Gasteiger partial charge in [0.25, 0.3) is 5.56 Å². The molecule has 0 atom stereocenters. The van der Waals surface area contributed by atoms with Crippen molar-refractivity contribution in [1.29, 1.82) is 0 Å². The summed E-state index contributed by atoms with van der Waals surface area (Å²) in [6, 6.07) is 8.83. The molecule has 15 heavy (non-hydrogen) atoms. The SMILES string of the molecule is Cc1cc(=O)n(-c2ccc(N)cc2)n1C. The number of benzene rings is 1. The highest BCUT2D eigenvalue weighted by Gasteiger charge is 2.05. The molecule has 4 nitrogen and oxygen atoms in total. The fourth-order valence-electron chi connectivity index (χ4n) is 1.55. The first-order chi connectivity index (χ1) is 7.09. The van der Waals surface area contributed by atoms with Crippen molar-refractivity contribution in [1.82, 2.24) is 9.36 Å². The van der Waals surface area contributed by atoms with Gasteiger partial charge in [0.15, 0.2) is 0 Å². The van der Waals surface area contributed by atoms with Crippen molar-refractivity contribution in [3.8, 4) is 5.69 Å². The molecule has 0 saturated carbocycles. The lowest BCUT2D eigenvalue weighted by Gasteiger charge is -2.08. The lowest BCUT2D eigenvalue weighted by atomic mass is 10.3. The van der Waals surface area contributed by atoms with Crippen LogP contribution in [0.3, 0.4) is 0 Å². The molecule has 1 aromatic heterocycles. The summed E-state index contributed by atoms with van der Waals surface area (Å²) in [5.41, 5.74) is 8.01. The first-order valence-electron chi connectivity index (χ1n) is 4.71. The van der Waals surface area contributed by atoms with E-state index in [2.05, 4.69) is 0 Å². The highest BCUT2D eigenvalue weighted by atomic mass is 16.1. The van der Waals surface area contributed by atoms with Gasteiger partial charge in [-0.2, -0.15) is 0 Å². The van der Waals surface area contributed by atoms with Crippen LogP contribution in [0.15, 0.2) is 35.1 Å². The molecule has 78 valence electrons. The molecule has 0 unspecified atom stereocenters. The molecule has 0 aliphatic heterocycles. The van der Waals surface area contributed by atoms with Crippen LogP contribution in [0.5, 0.6) is 0 Å². The number of nitrogens with two attached hydrogens (primary N) is 1. The Morgan fingerprint density at radius 3 is 2.27 bits per heavy atom. The third kappa shape index (κ3) is 1.54. The molecule has 2 N–H and O–H groups in total. The highest BCUT2D eigenvalue weighted by Crippen LogP contribution is 2.09. The van der Waals surface area contributed by atoms with E-state index in [1.165, 1.54) is 0 Å². The van der Waals surface area contributed by atoms with Crippen LogP contribution in [0.1, 0.15) is 5.69 Å². The first-order valence-corrected chi connectivity index (χ1v) is 4.71. The van der Waals surface area contributed by atoms with Gasteiger partial charge < -0.3 is 5.73 Å². The van der Waals surface area contributed by atoms with Crippen LogP contribution >= 0.6 is 0 Å². The van der Waals surface area contributed by atoms with Crippen LogP contribution in [0.4, 0.5) is 5.69 Å². The van der Waals surface area contributed by atoms with Gasteiger partial charge in [0, 0.05) is 24.5 Å². The van der Waals surface area contributed by atoms with E-state index in [1.807, 2.05) is 30.8 Å². The maximum absolute atomic E-state index is 11.7. The summed E-state index contributed by atoms with van der Waals surface area (Å²) in [5, 5.41) is 0. The van der Waals surface area contributed by atoms with Crippen molar-refractivity contribution in [2.75, 3.05) is 5.73 Å². The zero-order valence-corrected chi connectivity index (χ0v) is 8.77. The topological polar surface area (TPSA) is 52.9 Å². The number of hydrogen-bond acceptors (Lipinski definition) is 2. The predicted octanol–water partition coefficient (Wildman–Crippen LogP) is 1.07. The molecule has 1 aromatic carbocycles. The van der Waals surface area contributed by atoms with E-state index in [0.717, 1.165) is 11.4 Å². The number of aromatic nitrogens is 2. The Labute approximate surface area is 87.5 Å². The maximum atomic E-state index is 11.7. The minimum atomic E-state index is -0.0280. The molecule has 0 spiro atoms. The quantitative estimate of drug-likeness (QED) is 0.705. The van der Waals surface area contributed by atoms with Crippen LogP contribution in [0, 0.1) is 6.92 Å². The van der Waals surface area contributed by atoms with Gasteiger partial charge in [0.2, 0.25) is 0 Å².